The molecule has 1 saturated heterocycles. The molecule has 0 aliphatic carbocycles. The molecular weight excluding hydrogens is 322 g/mol. The highest BCUT2D eigenvalue weighted by atomic mass is 32.1. The molecule has 1 aromatic heterocycles. The highest BCUT2D eigenvalue weighted by Gasteiger charge is 2.22. The fourth-order valence-electron chi connectivity index (χ4n) is 2.69. The Morgan fingerprint density at radius 3 is 2.33 bits per heavy atom. The van der Waals surface area contributed by atoms with Crippen molar-refractivity contribution in [1.82, 2.24) is 13.6 Å². The summed E-state index contributed by atoms with van der Waals surface area (Å²) in [6.45, 7) is 9.46. The topological polar surface area (TPSA) is 61.4 Å². The van der Waals surface area contributed by atoms with Gasteiger partial charge in [0.2, 0.25) is 0 Å². The third-order valence-corrected chi connectivity index (χ3v) is 4.71. The van der Waals surface area contributed by atoms with Crippen LogP contribution in [0, 0.1) is 0 Å². The molecule has 2 aromatic rings. The van der Waals surface area contributed by atoms with E-state index in [1.807, 2.05) is 17.0 Å². The molecule has 128 valence electrons. The summed E-state index contributed by atoms with van der Waals surface area (Å²) in [4.78, 5) is 16.4. The average molecular weight is 345 g/mol. The molecule has 2 amide bonds. The van der Waals surface area contributed by atoms with E-state index in [4.69, 9.17) is 0 Å². The first kappa shape index (κ1) is 16.7. The molecule has 6 nitrogen and oxygen atoms in total. The highest BCUT2D eigenvalue weighted by Crippen LogP contribution is 2.23. The summed E-state index contributed by atoms with van der Waals surface area (Å²) in [6, 6.07) is 8.03. The molecule has 0 spiro atoms. The van der Waals surface area contributed by atoms with Crippen LogP contribution in [0.5, 0.6) is 0 Å². The van der Waals surface area contributed by atoms with Crippen molar-refractivity contribution in [3.63, 3.8) is 0 Å². The largest absolute Gasteiger partial charge is 0.351 e. The Bertz CT molecular complexity index is 670. The first-order valence-electron chi connectivity index (χ1n) is 8.12. The van der Waals surface area contributed by atoms with Crippen LogP contribution in [0.1, 0.15) is 26.3 Å². The number of hydrogen-bond acceptors (Lipinski definition) is 5. The molecule has 0 atom stereocenters. The Balaban J connectivity index is 1.54. The summed E-state index contributed by atoms with van der Waals surface area (Å²) < 4.78 is 8.27. The van der Waals surface area contributed by atoms with Gasteiger partial charge in [0, 0.05) is 31.9 Å². The van der Waals surface area contributed by atoms with Crippen LogP contribution >= 0.6 is 11.7 Å². The van der Waals surface area contributed by atoms with E-state index in [9.17, 15) is 4.79 Å². The van der Waals surface area contributed by atoms with Crippen LogP contribution in [-0.2, 0) is 5.41 Å². The molecule has 1 N–H and O–H groups in total. The number of carbonyl (C=O) groups excluding carboxylic acids is 1. The first-order valence-corrected chi connectivity index (χ1v) is 8.85. The van der Waals surface area contributed by atoms with Gasteiger partial charge in [0.05, 0.1) is 17.9 Å². The summed E-state index contributed by atoms with van der Waals surface area (Å²) in [6.07, 6.45) is 1.77. The van der Waals surface area contributed by atoms with Crippen LogP contribution in [0.4, 0.5) is 16.3 Å². The maximum atomic E-state index is 12.4. The van der Waals surface area contributed by atoms with Crippen LogP contribution in [0.3, 0.4) is 0 Å². The van der Waals surface area contributed by atoms with Gasteiger partial charge in [0.25, 0.3) is 0 Å². The lowest BCUT2D eigenvalue weighted by Gasteiger charge is -2.34. The van der Waals surface area contributed by atoms with E-state index in [1.165, 1.54) is 17.3 Å². The minimum absolute atomic E-state index is 0.0467. The average Bonchev–Trinajstić information content (AvgIpc) is 3.09. The molecule has 1 aliphatic heterocycles. The molecule has 0 radical (unpaired) electrons. The Morgan fingerprint density at radius 1 is 1.12 bits per heavy atom. The van der Waals surface area contributed by atoms with E-state index in [1.54, 1.807) is 6.20 Å². The standard InChI is InChI=1S/C17H23N5OS/c1-17(2,3)13-4-6-14(7-5-13)19-16(23)22-10-8-21(9-11-22)15-12-18-24-20-15/h4-7,12H,8-11H2,1-3H3,(H,19,23). The molecule has 1 aliphatic rings. The fraction of sp³-hybridized carbons (Fsp3) is 0.471. The Morgan fingerprint density at radius 2 is 1.79 bits per heavy atom. The van der Waals surface area contributed by atoms with E-state index < -0.39 is 0 Å². The van der Waals surface area contributed by atoms with Crippen LogP contribution in [0.25, 0.3) is 0 Å². The van der Waals surface area contributed by atoms with E-state index in [0.717, 1.165) is 24.6 Å². The number of carbonyl (C=O) groups is 1. The van der Waals surface area contributed by atoms with Crippen molar-refractivity contribution < 1.29 is 4.79 Å². The van der Waals surface area contributed by atoms with Gasteiger partial charge < -0.3 is 15.1 Å². The second-order valence-corrected chi connectivity index (χ2v) is 7.55. The van der Waals surface area contributed by atoms with E-state index in [2.05, 4.69) is 51.9 Å². The molecular formula is C17H23N5OS. The summed E-state index contributed by atoms with van der Waals surface area (Å²) in [5.41, 5.74) is 2.20. The molecule has 24 heavy (non-hydrogen) atoms. The molecule has 3 rings (SSSR count). The summed E-state index contributed by atoms with van der Waals surface area (Å²) in [5, 5.41) is 2.98. The highest BCUT2D eigenvalue weighted by molar-refractivity contribution is 6.99. The summed E-state index contributed by atoms with van der Waals surface area (Å²) in [5.74, 6) is 0.901. The van der Waals surface area contributed by atoms with Crippen molar-refractivity contribution in [1.29, 1.82) is 0 Å². The predicted molar refractivity (Wildman–Crippen MR) is 97.9 cm³/mol. The van der Waals surface area contributed by atoms with Gasteiger partial charge in [-0.3, -0.25) is 0 Å². The lowest BCUT2D eigenvalue weighted by Crippen LogP contribution is -2.50. The van der Waals surface area contributed by atoms with Crippen molar-refractivity contribution in [2.24, 2.45) is 0 Å². The van der Waals surface area contributed by atoms with Crippen LogP contribution in [-0.4, -0.2) is 45.9 Å². The zero-order valence-corrected chi connectivity index (χ0v) is 15.1. The van der Waals surface area contributed by atoms with Crippen molar-refractivity contribution in [3.8, 4) is 0 Å². The van der Waals surface area contributed by atoms with E-state index >= 15 is 0 Å². The molecule has 2 heterocycles. The minimum atomic E-state index is -0.0467. The zero-order chi connectivity index (χ0) is 17.2. The van der Waals surface area contributed by atoms with Gasteiger partial charge in [-0.1, -0.05) is 32.9 Å². The molecule has 7 heteroatoms. The Kier molecular flexibility index (Phi) is 4.71. The maximum Gasteiger partial charge on any atom is 0.321 e. The van der Waals surface area contributed by atoms with Crippen molar-refractivity contribution in [2.75, 3.05) is 36.4 Å². The van der Waals surface area contributed by atoms with Crippen LogP contribution in [0.2, 0.25) is 0 Å². The lowest BCUT2D eigenvalue weighted by atomic mass is 9.87. The van der Waals surface area contributed by atoms with Gasteiger partial charge in [0.1, 0.15) is 0 Å². The summed E-state index contributed by atoms with van der Waals surface area (Å²) in [7, 11) is 0. The van der Waals surface area contributed by atoms with Crippen LogP contribution < -0.4 is 10.2 Å². The van der Waals surface area contributed by atoms with Crippen molar-refractivity contribution >= 4 is 29.3 Å². The van der Waals surface area contributed by atoms with Crippen LogP contribution in [0.15, 0.2) is 30.5 Å². The second-order valence-electron chi connectivity index (χ2n) is 7.00. The SMILES string of the molecule is CC(C)(C)c1ccc(NC(=O)N2CCN(c3cnsn3)CC2)cc1. The third kappa shape index (κ3) is 3.84. The van der Waals surface area contributed by atoms with Gasteiger partial charge in [-0.05, 0) is 23.1 Å². The van der Waals surface area contributed by atoms with Gasteiger partial charge in [0.15, 0.2) is 5.82 Å². The summed E-state index contributed by atoms with van der Waals surface area (Å²) >= 11 is 1.21. The number of benzene rings is 1. The van der Waals surface area contributed by atoms with Gasteiger partial charge in [-0.25, -0.2) is 4.79 Å². The van der Waals surface area contributed by atoms with E-state index in [-0.39, 0.29) is 11.4 Å². The third-order valence-electron chi connectivity index (χ3n) is 4.24. The number of rotatable bonds is 2. The number of amides is 2. The molecule has 0 unspecified atom stereocenters. The van der Waals surface area contributed by atoms with Gasteiger partial charge in [-0.15, -0.1) is 0 Å². The number of urea groups is 1. The smallest absolute Gasteiger partial charge is 0.321 e. The number of nitrogens with one attached hydrogen (secondary N) is 1. The maximum absolute atomic E-state index is 12.4. The molecule has 0 saturated carbocycles. The van der Waals surface area contributed by atoms with Gasteiger partial charge >= 0.3 is 6.03 Å². The van der Waals surface area contributed by atoms with E-state index in [0.29, 0.717) is 13.1 Å². The number of anilines is 2. The van der Waals surface area contributed by atoms with Crippen molar-refractivity contribution in [3.05, 3.63) is 36.0 Å². The lowest BCUT2D eigenvalue weighted by molar-refractivity contribution is 0.208. The number of nitrogens with zero attached hydrogens (tertiary/aromatic N) is 4. The number of hydrogen-bond donors (Lipinski definition) is 1. The monoisotopic (exact) mass is 345 g/mol. The Labute approximate surface area is 146 Å². The Hall–Kier alpha value is -2.15. The van der Waals surface area contributed by atoms with Crippen molar-refractivity contribution in [2.45, 2.75) is 26.2 Å². The first-order chi connectivity index (χ1) is 11.4. The predicted octanol–water partition coefficient (Wildman–Crippen LogP) is 3.19. The molecule has 0 bridgehead atoms. The zero-order valence-electron chi connectivity index (χ0n) is 14.3. The molecule has 1 aromatic carbocycles. The van der Waals surface area contributed by atoms with Gasteiger partial charge in [-0.2, -0.15) is 8.75 Å². The quantitative estimate of drug-likeness (QED) is 0.908. The number of aromatic nitrogens is 2. The minimum Gasteiger partial charge on any atom is -0.351 e. The second kappa shape index (κ2) is 6.76. The fourth-order valence-corrected chi connectivity index (χ4v) is 3.13. The molecule has 1 fully saturated rings. The number of piperazine rings is 1. The normalized spacial score (nSPS) is 15.5.